The van der Waals surface area contributed by atoms with Gasteiger partial charge in [0.25, 0.3) is 0 Å². The van der Waals surface area contributed by atoms with E-state index >= 15 is 0 Å². The zero-order valence-corrected chi connectivity index (χ0v) is 10.7. The zero-order valence-electron chi connectivity index (χ0n) is 9.89. The van der Waals surface area contributed by atoms with E-state index in [1.54, 1.807) is 6.07 Å². The minimum Gasteiger partial charge on any atom is -0.491 e. The van der Waals surface area contributed by atoms with Crippen LogP contribution in [0.25, 0.3) is 0 Å². The first-order valence-electron chi connectivity index (χ1n) is 6.13. The van der Waals surface area contributed by atoms with Crippen LogP contribution in [0.3, 0.4) is 0 Å². The molecule has 0 spiro atoms. The van der Waals surface area contributed by atoms with Gasteiger partial charge in [-0.25, -0.2) is 0 Å². The highest BCUT2D eigenvalue weighted by molar-refractivity contribution is 7.99. The fourth-order valence-electron chi connectivity index (χ4n) is 2.11. The van der Waals surface area contributed by atoms with E-state index in [9.17, 15) is 0 Å². The van der Waals surface area contributed by atoms with Gasteiger partial charge in [0, 0.05) is 11.0 Å². The van der Waals surface area contributed by atoms with E-state index < -0.39 is 0 Å². The smallest absolute Gasteiger partial charge is 0.137 e. The van der Waals surface area contributed by atoms with Crippen LogP contribution >= 0.6 is 11.8 Å². The van der Waals surface area contributed by atoms with Crippen LogP contribution in [0.5, 0.6) is 5.75 Å². The lowest BCUT2D eigenvalue weighted by atomic mass is 10.2. The summed E-state index contributed by atoms with van der Waals surface area (Å²) in [5, 5.41) is 9.75. The molecule has 1 aliphatic carbocycles. The standard InChI is InChI=1S/C14H17NOS/c15-11-12-5-1-4-8-14(12)16-9-10-17-13-6-2-3-7-13/h1,4-5,8,13H,2-3,6-7,9-10H2. The summed E-state index contributed by atoms with van der Waals surface area (Å²) in [4.78, 5) is 0. The number of ether oxygens (including phenoxy) is 1. The number of benzene rings is 1. The third-order valence-corrected chi connectivity index (χ3v) is 4.35. The largest absolute Gasteiger partial charge is 0.491 e. The lowest BCUT2D eigenvalue weighted by Crippen LogP contribution is -2.05. The lowest BCUT2D eigenvalue weighted by Gasteiger charge is -2.10. The maximum absolute atomic E-state index is 8.91. The van der Waals surface area contributed by atoms with Crippen molar-refractivity contribution in [3.8, 4) is 11.8 Å². The van der Waals surface area contributed by atoms with Gasteiger partial charge < -0.3 is 4.74 Å². The summed E-state index contributed by atoms with van der Waals surface area (Å²) in [7, 11) is 0. The van der Waals surface area contributed by atoms with Crippen molar-refractivity contribution < 1.29 is 4.74 Å². The first-order valence-corrected chi connectivity index (χ1v) is 7.18. The van der Waals surface area contributed by atoms with Crippen LogP contribution in [0.15, 0.2) is 24.3 Å². The normalized spacial score (nSPS) is 15.7. The van der Waals surface area contributed by atoms with Crippen LogP contribution in [0.4, 0.5) is 0 Å². The van der Waals surface area contributed by atoms with E-state index in [1.807, 2.05) is 30.0 Å². The Labute approximate surface area is 107 Å². The van der Waals surface area contributed by atoms with Gasteiger partial charge in [-0.05, 0) is 25.0 Å². The Morgan fingerprint density at radius 1 is 1.29 bits per heavy atom. The van der Waals surface area contributed by atoms with Crippen LogP contribution in [-0.2, 0) is 0 Å². The Hall–Kier alpha value is -1.14. The molecule has 1 aromatic carbocycles. The third-order valence-electron chi connectivity index (χ3n) is 3.00. The Morgan fingerprint density at radius 2 is 2.06 bits per heavy atom. The number of hydrogen-bond acceptors (Lipinski definition) is 3. The van der Waals surface area contributed by atoms with E-state index in [1.165, 1.54) is 25.7 Å². The molecule has 0 amide bonds. The molecule has 0 N–H and O–H groups in total. The maximum Gasteiger partial charge on any atom is 0.137 e. The van der Waals surface area contributed by atoms with Crippen molar-refractivity contribution in [3.63, 3.8) is 0 Å². The predicted octanol–water partition coefficient (Wildman–Crippen LogP) is 3.61. The molecular formula is C14H17NOS. The number of rotatable bonds is 5. The molecule has 0 aliphatic heterocycles. The van der Waals surface area contributed by atoms with Crippen LogP contribution in [0.1, 0.15) is 31.2 Å². The van der Waals surface area contributed by atoms with Crippen LogP contribution in [-0.4, -0.2) is 17.6 Å². The van der Waals surface area contributed by atoms with E-state index in [0.29, 0.717) is 17.9 Å². The van der Waals surface area contributed by atoms with Gasteiger partial charge in [-0.1, -0.05) is 25.0 Å². The molecular weight excluding hydrogens is 230 g/mol. The van der Waals surface area contributed by atoms with E-state index in [2.05, 4.69) is 6.07 Å². The quantitative estimate of drug-likeness (QED) is 0.745. The second-order valence-corrected chi connectivity index (χ2v) is 5.64. The summed E-state index contributed by atoms with van der Waals surface area (Å²) >= 11 is 2.01. The highest BCUT2D eigenvalue weighted by Crippen LogP contribution is 2.29. The van der Waals surface area contributed by atoms with Gasteiger partial charge >= 0.3 is 0 Å². The van der Waals surface area contributed by atoms with E-state index in [-0.39, 0.29) is 0 Å². The van der Waals surface area contributed by atoms with Gasteiger partial charge in [0.1, 0.15) is 11.8 Å². The molecule has 90 valence electrons. The summed E-state index contributed by atoms with van der Waals surface area (Å²) in [5.74, 6) is 1.73. The molecule has 3 heteroatoms. The third kappa shape index (κ3) is 3.67. The molecule has 1 saturated carbocycles. The molecule has 1 aromatic rings. The second-order valence-electron chi connectivity index (χ2n) is 4.23. The van der Waals surface area contributed by atoms with Crippen molar-refractivity contribution >= 4 is 11.8 Å². The molecule has 1 fully saturated rings. The molecule has 0 atom stereocenters. The molecule has 0 radical (unpaired) electrons. The number of para-hydroxylation sites is 1. The van der Waals surface area contributed by atoms with E-state index in [4.69, 9.17) is 10.00 Å². The van der Waals surface area contributed by atoms with Gasteiger partial charge in [-0.2, -0.15) is 17.0 Å². The highest BCUT2D eigenvalue weighted by Gasteiger charge is 2.14. The minimum absolute atomic E-state index is 0.623. The van der Waals surface area contributed by atoms with Crippen molar-refractivity contribution in [1.82, 2.24) is 0 Å². The number of nitrogens with zero attached hydrogens (tertiary/aromatic N) is 1. The van der Waals surface area contributed by atoms with Gasteiger partial charge in [0.15, 0.2) is 0 Å². The average Bonchev–Trinajstić information content (AvgIpc) is 2.88. The topological polar surface area (TPSA) is 33.0 Å². The Bertz CT molecular complexity index is 393. The van der Waals surface area contributed by atoms with Crippen molar-refractivity contribution in [2.24, 2.45) is 0 Å². The Kier molecular flexibility index (Phi) is 4.75. The van der Waals surface area contributed by atoms with E-state index in [0.717, 1.165) is 11.0 Å². The molecule has 1 aliphatic rings. The van der Waals surface area contributed by atoms with Gasteiger partial charge in [-0.15, -0.1) is 0 Å². The minimum atomic E-state index is 0.623. The Morgan fingerprint density at radius 3 is 2.82 bits per heavy atom. The maximum atomic E-state index is 8.91. The van der Waals surface area contributed by atoms with Crippen molar-refractivity contribution in [1.29, 1.82) is 5.26 Å². The highest BCUT2D eigenvalue weighted by atomic mass is 32.2. The lowest BCUT2D eigenvalue weighted by molar-refractivity contribution is 0.343. The summed E-state index contributed by atoms with van der Waals surface area (Å²) in [6.45, 7) is 0.694. The molecule has 0 aromatic heterocycles. The van der Waals surface area contributed by atoms with Crippen LogP contribution in [0.2, 0.25) is 0 Å². The van der Waals surface area contributed by atoms with Crippen LogP contribution < -0.4 is 4.74 Å². The first kappa shape index (κ1) is 12.3. The molecule has 17 heavy (non-hydrogen) atoms. The van der Waals surface area contributed by atoms with Gasteiger partial charge in [0.2, 0.25) is 0 Å². The predicted molar refractivity (Wildman–Crippen MR) is 71.4 cm³/mol. The molecule has 0 unspecified atom stereocenters. The fraction of sp³-hybridized carbons (Fsp3) is 0.500. The summed E-state index contributed by atoms with van der Waals surface area (Å²) in [5.41, 5.74) is 0.623. The molecule has 0 saturated heterocycles. The second kappa shape index (κ2) is 6.56. The molecule has 2 rings (SSSR count). The fourth-order valence-corrected chi connectivity index (χ4v) is 3.29. The monoisotopic (exact) mass is 247 g/mol. The average molecular weight is 247 g/mol. The molecule has 0 bridgehead atoms. The number of thioether (sulfide) groups is 1. The first-order chi connectivity index (χ1) is 8.40. The van der Waals surface area contributed by atoms with Crippen LogP contribution in [0, 0.1) is 11.3 Å². The number of hydrogen-bond donors (Lipinski definition) is 0. The molecule has 2 nitrogen and oxygen atoms in total. The van der Waals surface area contributed by atoms with Crippen molar-refractivity contribution in [3.05, 3.63) is 29.8 Å². The summed E-state index contributed by atoms with van der Waals surface area (Å²) in [6.07, 6.45) is 5.49. The number of nitriles is 1. The zero-order chi connectivity index (χ0) is 11.9. The Balaban J connectivity index is 1.72. The van der Waals surface area contributed by atoms with Crippen molar-refractivity contribution in [2.75, 3.05) is 12.4 Å². The van der Waals surface area contributed by atoms with Gasteiger partial charge in [-0.3, -0.25) is 0 Å². The van der Waals surface area contributed by atoms with Gasteiger partial charge in [0.05, 0.1) is 12.2 Å². The molecule has 0 heterocycles. The summed E-state index contributed by atoms with van der Waals surface area (Å²) in [6, 6.07) is 9.56. The SMILES string of the molecule is N#Cc1ccccc1OCCSC1CCCC1. The summed E-state index contributed by atoms with van der Waals surface area (Å²) < 4.78 is 5.64. The van der Waals surface area contributed by atoms with Crippen molar-refractivity contribution in [2.45, 2.75) is 30.9 Å².